The Morgan fingerprint density at radius 3 is 1.97 bits per heavy atom. The Morgan fingerprint density at radius 2 is 1.47 bits per heavy atom. The molecule has 0 radical (unpaired) electrons. The Hall–Kier alpha value is -2.94. The predicted molar refractivity (Wildman–Crippen MR) is 122 cm³/mol. The summed E-state index contributed by atoms with van der Waals surface area (Å²) in [4.78, 5) is 49.3. The van der Waals surface area contributed by atoms with Gasteiger partial charge in [-0.15, -0.1) is 0 Å². The summed E-state index contributed by atoms with van der Waals surface area (Å²) in [5.74, 6) is -2.90. The number of carbonyl (C=O) groups excluding carboxylic acids is 3. The van der Waals surface area contributed by atoms with Gasteiger partial charge in [-0.1, -0.05) is 58.0 Å². The third-order valence-corrected chi connectivity index (χ3v) is 4.96. The summed E-state index contributed by atoms with van der Waals surface area (Å²) in [5.41, 5.74) is 6.66. The van der Waals surface area contributed by atoms with Crippen molar-refractivity contribution in [3.8, 4) is 0 Å². The standard InChI is InChI=1S/C23H36N4O5/c1-13(2)11-17(24)21(29)25-15(5)20(28)26-18(12-16-9-7-6-8-10-16)22(30)27-19(14(3)4)23(31)32/h6-10,13-15,17-19H,11-12,24H2,1-5H3,(H,25,29)(H,26,28)(H,27,30)(H,31,32). The molecule has 0 aliphatic heterocycles. The highest BCUT2D eigenvalue weighted by Crippen LogP contribution is 2.07. The largest absolute Gasteiger partial charge is 0.480 e. The first kappa shape index (κ1) is 27.1. The zero-order chi connectivity index (χ0) is 24.4. The fourth-order valence-electron chi connectivity index (χ4n) is 3.12. The molecule has 3 amide bonds. The molecule has 1 aromatic rings. The molecule has 0 saturated heterocycles. The fraction of sp³-hybridized carbons (Fsp3) is 0.565. The number of carbonyl (C=O) groups is 4. The maximum absolute atomic E-state index is 12.9. The summed E-state index contributed by atoms with van der Waals surface area (Å²) in [6.45, 7) is 8.75. The molecule has 9 heteroatoms. The van der Waals surface area contributed by atoms with Crippen LogP contribution in [-0.4, -0.2) is 53.0 Å². The van der Waals surface area contributed by atoms with Gasteiger partial charge in [-0.2, -0.15) is 0 Å². The highest BCUT2D eigenvalue weighted by atomic mass is 16.4. The molecule has 1 aromatic carbocycles. The average Bonchev–Trinajstić information content (AvgIpc) is 2.70. The molecule has 0 spiro atoms. The van der Waals surface area contributed by atoms with Gasteiger partial charge >= 0.3 is 5.97 Å². The van der Waals surface area contributed by atoms with E-state index in [-0.39, 0.29) is 18.3 Å². The van der Waals surface area contributed by atoms with Gasteiger partial charge in [0.1, 0.15) is 18.1 Å². The van der Waals surface area contributed by atoms with Gasteiger partial charge in [0.2, 0.25) is 17.7 Å². The Balaban J connectivity index is 2.92. The molecule has 4 unspecified atom stereocenters. The van der Waals surface area contributed by atoms with Crippen molar-refractivity contribution in [2.45, 2.75) is 71.6 Å². The van der Waals surface area contributed by atoms with Crippen LogP contribution in [0.2, 0.25) is 0 Å². The zero-order valence-electron chi connectivity index (χ0n) is 19.4. The summed E-state index contributed by atoms with van der Waals surface area (Å²) in [6.07, 6.45) is 0.640. The van der Waals surface area contributed by atoms with E-state index in [4.69, 9.17) is 5.73 Å². The molecule has 0 aliphatic rings. The zero-order valence-corrected chi connectivity index (χ0v) is 19.4. The summed E-state index contributed by atoms with van der Waals surface area (Å²) in [5, 5.41) is 17.1. The van der Waals surface area contributed by atoms with Crippen LogP contribution in [0.3, 0.4) is 0 Å². The summed E-state index contributed by atoms with van der Waals surface area (Å²) < 4.78 is 0. The second-order valence-corrected chi connectivity index (χ2v) is 8.79. The number of carboxylic acid groups (broad SMARTS) is 1. The van der Waals surface area contributed by atoms with Crippen molar-refractivity contribution < 1.29 is 24.3 Å². The monoisotopic (exact) mass is 448 g/mol. The minimum atomic E-state index is -1.15. The Morgan fingerprint density at radius 1 is 0.875 bits per heavy atom. The second-order valence-electron chi connectivity index (χ2n) is 8.79. The van der Waals surface area contributed by atoms with Crippen LogP contribution in [0.15, 0.2) is 30.3 Å². The molecule has 6 N–H and O–H groups in total. The number of hydrogen-bond donors (Lipinski definition) is 5. The summed E-state index contributed by atoms with van der Waals surface area (Å²) in [7, 11) is 0. The number of nitrogens with two attached hydrogens (primary N) is 1. The van der Waals surface area contributed by atoms with E-state index in [2.05, 4.69) is 16.0 Å². The topological polar surface area (TPSA) is 151 Å². The van der Waals surface area contributed by atoms with Gasteiger partial charge in [-0.05, 0) is 30.7 Å². The van der Waals surface area contributed by atoms with Gasteiger partial charge in [0.15, 0.2) is 0 Å². The molecule has 0 bridgehead atoms. The van der Waals surface area contributed by atoms with Crippen LogP contribution >= 0.6 is 0 Å². The number of rotatable bonds is 12. The van der Waals surface area contributed by atoms with Crippen molar-refractivity contribution in [3.63, 3.8) is 0 Å². The van der Waals surface area contributed by atoms with Crippen molar-refractivity contribution in [1.82, 2.24) is 16.0 Å². The predicted octanol–water partition coefficient (Wildman–Crippen LogP) is 0.817. The second kappa shape index (κ2) is 12.8. The van der Waals surface area contributed by atoms with Gasteiger partial charge in [-0.3, -0.25) is 14.4 Å². The van der Waals surface area contributed by atoms with Crippen LogP contribution in [0, 0.1) is 11.8 Å². The van der Waals surface area contributed by atoms with E-state index in [0.717, 1.165) is 5.56 Å². The first-order chi connectivity index (χ1) is 14.9. The lowest BCUT2D eigenvalue weighted by Crippen LogP contribution is -2.57. The molecule has 0 fully saturated rings. The number of nitrogens with one attached hydrogen (secondary N) is 3. The summed E-state index contributed by atoms with van der Waals surface area (Å²) >= 11 is 0. The van der Waals surface area contributed by atoms with Gasteiger partial charge in [0.25, 0.3) is 0 Å². The van der Waals surface area contributed by atoms with Crippen molar-refractivity contribution in [3.05, 3.63) is 35.9 Å². The highest BCUT2D eigenvalue weighted by Gasteiger charge is 2.30. The lowest BCUT2D eigenvalue weighted by Gasteiger charge is -2.25. The Bertz CT molecular complexity index is 782. The first-order valence-corrected chi connectivity index (χ1v) is 10.9. The third kappa shape index (κ3) is 9.05. The quantitative estimate of drug-likeness (QED) is 0.319. The smallest absolute Gasteiger partial charge is 0.326 e. The molecule has 0 saturated carbocycles. The van der Waals surface area contributed by atoms with Crippen LogP contribution in [0.5, 0.6) is 0 Å². The molecule has 32 heavy (non-hydrogen) atoms. The lowest BCUT2D eigenvalue weighted by atomic mass is 10.0. The van der Waals surface area contributed by atoms with Crippen LogP contribution in [0.25, 0.3) is 0 Å². The molecule has 0 heterocycles. The molecule has 0 aromatic heterocycles. The van der Waals surface area contributed by atoms with Gasteiger partial charge in [0, 0.05) is 6.42 Å². The van der Waals surface area contributed by atoms with Crippen LogP contribution < -0.4 is 21.7 Å². The number of benzene rings is 1. The lowest BCUT2D eigenvalue weighted by molar-refractivity contribution is -0.143. The third-order valence-electron chi connectivity index (χ3n) is 4.96. The SMILES string of the molecule is CC(C)CC(N)C(=O)NC(C)C(=O)NC(Cc1ccccc1)C(=O)NC(C(=O)O)C(C)C. The maximum atomic E-state index is 12.9. The Labute approximate surface area is 189 Å². The molecular weight excluding hydrogens is 412 g/mol. The molecule has 0 aliphatic carbocycles. The van der Waals surface area contributed by atoms with E-state index in [1.807, 2.05) is 19.9 Å². The van der Waals surface area contributed by atoms with Crippen molar-refractivity contribution in [2.24, 2.45) is 17.6 Å². The molecule has 9 nitrogen and oxygen atoms in total. The van der Waals surface area contributed by atoms with Gasteiger partial charge in [0.05, 0.1) is 6.04 Å². The molecule has 178 valence electrons. The number of aliphatic carboxylic acids is 1. The first-order valence-electron chi connectivity index (χ1n) is 10.9. The molecule has 4 atom stereocenters. The normalized spacial score (nSPS) is 14.9. The van der Waals surface area contributed by atoms with Gasteiger partial charge in [-0.25, -0.2) is 4.79 Å². The number of hydrogen-bond acceptors (Lipinski definition) is 5. The van der Waals surface area contributed by atoms with Crippen LogP contribution in [0.1, 0.15) is 46.6 Å². The van der Waals surface area contributed by atoms with E-state index in [1.165, 1.54) is 6.92 Å². The number of amides is 3. The minimum Gasteiger partial charge on any atom is -0.480 e. The van der Waals surface area contributed by atoms with Crippen LogP contribution in [-0.2, 0) is 25.6 Å². The van der Waals surface area contributed by atoms with Crippen molar-refractivity contribution in [1.29, 1.82) is 0 Å². The van der Waals surface area contributed by atoms with Crippen molar-refractivity contribution in [2.75, 3.05) is 0 Å². The molecular formula is C23H36N4O5. The fourth-order valence-corrected chi connectivity index (χ4v) is 3.12. The maximum Gasteiger partial charge on any atom is 0.326 e. The Kier molecular flexibility index (Phi) is 10.8. The number of carboxylic acids is 1. The van der Waals surface area contributed by atoms with E-state index < -0.39 is 47.9 Å². The van der Waals surface area contributed by atoms with E-state index in [9.17, 15) is 24.3 Å². The summed E-state index contributed by atoms with van der Waals surface area (Å²) in [6, 6.07) is 5.27. The average molecular weight is 449 g/mol. The van der Waals surface area contributed by atoms with Crippen LogP contribution in [0.4, 0.5) is 0 Å². The van der Waals surface area contributed by atoms with Crippen molar-refractivity contribution >= 4 is 23.7 Å². The van der Waals surface area contributed by atoms with E-state index in [0.29, 0.717) is 6.42 Å². The van der Waals surface area contributed by atoms with Gasteiger partial charge < -0.3 is 26.8 Å². The molecule has 1 rings (SSSR count). The minimum absolute atomic E-state index is 0.163. The highest BCUT2D eigenvalue weighted by molar-refractivity contribution is 5.94. The van der Waals surface area contributed by atoms with E-state index in [1.54, 1.807) is 38.1 Å². The van der Waals surface area contributed by atoms with E-state index >= 15 is 0 Å².